The van der Waals surface area contributed by atoms with E-state index in [1.165, 1.54) is 77.0 Å². The molecule has 0 aliphatic rings. The Hall–Kier alpha value is -4.87. The lowest BCUT2D eigenvalue weighted by molar-refractivity contribution is -0.384. The Bertz CT molecular complexity index is 1650. The van der Waals surface area contributed by atoms with E-state index >= 15 is 0 Å². The van der Waals surface area contributed by atoms with E-state index in [1.807, 2.05) is 38.1 Å². The summed E-state index contributed by atoms with van der Waals surface area (Å²) in [7, 11) is 3.04. The van der Waals surface area contributed by atoms with Crippen molar-refractivity contribution < 1.29 is 23.9 Å². The van der Waals surface area contributed by atoms with Crippen molar-refractivity contribution in [1.29, 1.82) is 0 Å². The lowest BCUT2D eigenvalue weighted by Gasteiger charge is -2.39. The minimum atomic E-state index is -0.561. The summed E-state index contributed by atoms with van der Waals surface area (Å²) >= 11 is 0. The summed E-state index contributed by atoms with van der Waals surface area (Å²) in [6, 6.07) is 16.9. The highest BCUT2D eigenvalue weighted by Gasteiger charge is 2.44. The SMILES string of the molecule is CCCCCCCCCCN(CCOC(=O)C(C)(CC)C(C)(C)C)c1ccc(N=Nc2cc(OC)c(N=Nc3ccc([N+](=O)[O-])cc3)cc2OC)cc1. The average molecular weight is 731 g/mol. The first-order valence-electron chi connectivity index (χ1n) is 18.7. The lowest BCUT2D eigenvalue weighted by atomic mass is 9.66. The molecular weight excluding hydrogens is 672 g/mol. The molecule has 0 heterocycles. The lowest BCUT2D eigenvalue weighted by Crippen LogP contribution is -2.42. The van der Waals surface area contributed by atoms with Gasteiger partial charge in [0.05, 0.1) is 42.5 Å². The van der Waals surface area contributed by atoms with E-state index in [2.05, 4.69) is 53.1 Å². The second-order valence-corrected chi connectivity index (χ2v) is 14.4. The van der Waals surface area contributed by atoms with Gasteiger partial charge in [-0.1, -0.05) is 79.6 Å². The van der Waals surface area contributed by atoms with Gasteiger partial charge in [0, 0.05) is 36.5 Å². The first kappa shape index (κ1) is 42.5. The quantitative estimate of drug-likeness (QED) is 0.0329. The summed E-state index contributed by atoms with van der Waals surface area (Å²) in [5, 5.41) is 28.3. The van der Waals surface area contributed by atoms with E-state index in [0.717, 1.165) is 25.1 Å². The summed E-state index contributed by atoms with van der Waals surface area (Å²) in [5.74, 6) is 0.670. The molecule has 0 saturated heterocycles. The van der Waals surface area contributed by atoms with Crippen molar-refractivity contribution in [3.8, 4) is 11.5 Å². The van der Waals surface area contributed by atoms with Gasteiger partial charge in [0.15, 0.2) is 0 Å². The molecule has 0 amide bonds. The summed E-state index contributed by atoms with van der Waals surface area (Å²) < 4.78 is 17.0. The van der Waals surface area contributed by atoms with Gasteiger partial charge in [-0.2, -0.15) is 10.2 Å². The number of esters is 1. The fourth-order valence-corrected chi connectivity index (χ4v) is 5.81. The molecule has 53 heavy (non-hydrogen) atoms. The highest BCUT2D eigenvalue weighted by atomic mass is 16.6. The van der Waals surface area contributed by atoms with E-state index in [9.17, 15) is 14.9 Å². The number of carbonyl (C=O) groups excluding carboxylic acids is 1. The number of non-ortho nitro benzene ring substituents is 1. The van der Waals surface area contributed by atoms with Crippen molar-refractivity contribution in [2.24, 2.45) is 31.3 Å². The largest absolute Gasteiger partial charge is 0.494 e. The minimum Gasteiger partial charge on any atom is -0.494 e. The molecule has 3 rings (SSSR count). The van der Waals surface area contributed by atoms with Gasteiger partial charge in [0.25, 0.3) is 5.69 Å². The Balaban J connectivity index is 1.73. The smallest absolute Gasteiger partial charge is 0.312 e. The number of azo groups is 2. The summed E-state index contributed by atoms with van der Waals surface area (Å²) in [5.41, 5.74) is 2.16. The number of hydrogen-bond acceptors (Lipinski definition) is 11. The molecule has 12 nitrogen and oxygen atoms in total. The predicted octanol–water partition coefficient (Wildman–Crippen LogP) is 12.4. The first-order valence-corrected chi connectivity index (χ1v) is 18.7. The van der Waals surface area contributed by atoms with Crippen LogP contribution in [-0.4, -0.2) is 44.8 Å². The van der Waals surface area contributed by atoms with Crippen LogP contribution in [-0.2, 0) is 9.53 Å². The number of nitrogens with zero attached hydrogens (tertiary/aromatic N) is 6. The van der Waals surface area contributed by atoms with Gasteiger partial charge >= 0.3 is 5.97 Å². The van der Waals surface area contributed by atoms with Crippen LogP contribution in [0.4, 0.5) is 34.1 Å². The summed E-state index contributed by atoms with van der Waals surface area (Å²) in [6.45, 7) is 14.3. The number of nitro groups is 1. The normalized spacial score (nSPS) is 12.9. The molecule has 0 aliphatic heterocycles. The van der Waals surface area contributed by atoms with Crippen molar-refractivity contribution in [2.75, 3.05) is 38.8 Å². The van der Waals surface area contributed by atoms with Gasteiger partial charge in [0.1, 0.15) is 29.5 Å². The van der Waals surface area contributed by atoms with Crippen molar-refractivity contribution >= 4 is 40.1 Å². The molecule has 0 spiro atoms. The Morgan fingerprint density at radius 3 is 1.66 bits per heavy atom. The Morgan fingerprint density at radius 1 is 0.717 bits per heavy atom. The fraction of sp³-hybridized carbons (Fsp3) is 0.537. The number of unbranched alkanes of at least 4 members (excludes halogenated alkanes) is 7. The number of methoxy groups -OCH3 is 2. The number of hydrogen-bond donors (Lipinski definition) is 0. The molecule has 0 fully saturated rings. The molecule has 0 N–H and O–H groups in total. The van der Waals surface area contributed by atoms with Gasteiger partial charge in [-0.25, -0.2) is 0 Å². The molecule has 0 saturated carbocycles. The zero-order chi connectivity index (χ0) is 38.9. The molecular formula is C41H58N6O6. The number of rotatable bonds is 22. The first-order chi connectivity index (χ1) is 25.4. The Kier molecular flexibility index (Phi) is 16.8. The second kappa shape index (κ2) is 21.0. The number of benzene rings is 3. The van der Waals surface area contributed by atoms with Crippen molar-refractivity contribution in [1.82, 2.24) is 0 Å². The third-order valence-electron chi connectivity index (χ3n) is 9.99. The van der Waals surface area contributed by atoms with Crippen LogP contribution in [0.1, 0.15) is 99.3 Å². The van der Waals surface area contributed by atoms with Gasteiger partial charge in [-0.05, 0) is 61.6 Å². The Morgan fingerprint density at radius 2 is 1.21 bits per heavy atom. The molecule has 0 bridgehead atoms. The Labute approximate surface area is 315 Å². The predicted molar refractivity (Wildman–Crippen MR) is 211 cm³/mol. The minimum absolute atomic E-state index is 0.0300. The van der Waals surface area contributed by atoms with Crippen molar-refractivity contribution in [2.45, 2.75) is 99.3 Å². The van der Waals surface area contributed by atoms with Crippen LogP contribution in [0.2, 0.25) is 0 Å². The molecule has 1 atom stereocenters. The maximum Gasteiger partial charge on any atom is 0.312 e. The molecule has 12 heteroatoms. The van der Waals surface area contributed by atoms with Gasteiger partial charge in [-0.15, -0.1) is 10.2 Å². The molecule has 0 radical (unpaired) electrons. The highest BCUT2D eigenvalue weighted by molar-refractivity contribution is 5.77. The van der Waals surface area contributed by atoms with Crippen LogP contribution in [0.15, 0.2) is 81.1 Å². The maximum absolute atomic E-state index is 13.2. The maximum atomic E-state index is 13.2. The van der Waals surface area contributed by atoms with E-state index < -0.39 is 10.3 Å². The molecule has 288 valence electrons. The molecule has 0 aliphatic carbocycles. The van der Waals surface area contributed by atoms with Crippen LogP contribution < -0.4 is 14.4 Å². The van der Waals surface area contributed by atoms with Crippen LogP contribution in [0.5, 0.6) is 11.5 Å². The van der Waals surface area contributed by atoms with Crippen LogP contribution in [0.25, 0.3) is 0 Å². The highest BCUT2D eigenvalue weighted by Crippen LogP contribution is 2.43. The third kappa shape index (κ3) is 12.6. The number of carbonyl (C=O) groups is 1. The summed E-state index contributed by atoms with van der Waals surface area (Å²) in [6.07, 6.45) is 10.6. The van der Waals surface area contributed by atoms with E-state index in [1.54, 1.807) is 12.1 Å². The average Bonchev–Trinajstić information content (AvgIpc) is 3.15. The number of ether oxygens (including phenoxy) is 3. The standard InChI is InChI=1S/C41H58N6O6/c1-9-11-12-13-14-15-16-17-26-46(27-28-53-39(48)41(6,10-2)40(3,4)5)33-22-18-31(19-23-33)42-44-35-29-38(52-8)36(30-37(35)51-7)45-43-32-20-24-34(25-21-32)47(49)50/h18-25,29-30H,9-17,26-28H2,1-8H3. The van der Waals surface area contributed by atoms with Crippen LogP contribution in [0.3, 0.4) is 0 Å². The van der Waals surface area contributed by atoms with Gasteiger partial charge in [-0.3, -0.25) is 14.9 Å². The number of anilines is 1. The van der Waals surface area contributed by atoms with E-state index in [-0.39, 0.29) is 17.1 Å². The van der Waals surface area contributed by atoms with Crippen LogP contribution in [0, 0.1) is 20.9 Å². The second-order valence-electron chi connectivity index (χ2n) is 14.4. The van der Waals surface area contributed by atoms with Gasteiger partial charge < -0.3 is 19.1 Å². The van der Waals surface area contributed by atoms with Crippen LogP contribution >= 0.6 is 0 Å². The molecule has 3 aromatic rings. The summed E-state index contributed by atoms with van der Waals surface area (Å²) in [4.78, 5) is 26.0. The number of nitro benzene ring substituents is 1. The molecule has 0 aromatic heterocycles. The zero-order valence-corrected chi connectivity index (χ0v) is 32.9. The van der Waals surface area contributed by atoms with Crippen molar-refractivity contribution in [3.63, 3.8) is 0 Å². The topological polar surface area (TPSA) is 141 Å². The third-order valence-corrected chi connectivity index (χ3v) is 9.99. The zero-order valence-electron chi connectivity index (χ0n) is 32.9. The van der Waals surface area contributed by atoms with E-state index in [4.69, 9.17) is 14.2 Å². The van der Waals surface area contributed by atoms with E-state index in [0.29, 0.717) is 53.8 Å². The van der Waals surface area contributed by atoms with Gasteiger partial charge in [0.2, 0.25) is 0 Å². The fourth-order valence-electron chi connectivity index (χ4n) is 5.81. The monoisotopic (exact) mass is 730 g/mol. The molecule has 3 aromatic carbocycles. The molecule has 1 unspecified atom stereocenters. The van der Waals surface area contributed by atoms with Crippen molar-refractivity contribution in [3.05, 3.63) is 70.8 Å².